The summed E-state index contributed by atoms with van der Waals surface area (Å²) in [4.78, 5) is 0. The van der Waals surface area contributed by atoms with E-state index in [0.29, 0.717) is 5.92 Å². The quantitative estimate of drug-likeness (QED) is 0.309. The molecule has 1 aromatic carbocycles. The first-order chi connectivity index (χ1) is 14.0. The van der Waals surface area contributed by atoms with Gasteiger partial charge in [0.1, 0.15) is 5.75 Å². The summed E-state index contributed by atoms with van der Waals surface area (Å²) >= 11 is 0. The van der Waals surface area contributed by atoms with Crippen molar-refractivity contribution in [2.45, 2.75) is 95.8 Å². The molecule has 1 nitrogen and oxygen atoms in total. The predicted molar refractivity (Wildman–Crippen MR) is 112 cm³/mol. The molecule has 0 N–H and O–H groups in total. The highest BCUT2D eigenvalue weighted by Crippen LogP contribution is 2.51. The van der Waals surface area contributed by atoms with Crippen LogP contribution in [0.2, 0.25) is 0 Å². The lowest BCUT2D eigenvalue weighted by Gasteiger charge is -2.47. The summed E-state index contributed by atoms with van der Waals surface area (Å²) in [6, 6.07) is 5.44. The van der Waals surface area contributed by atoms with Crippen molar-refractivity contribution in [2.75, 3.05) is 0 Å². The van der Waals surface area contributed by atoms with E-state index in [1.165, 1.54) is 89.0 Å². The lowest BCUT2D eigenvalue weighted by atomic mass is 9.57. The first kappa shape index (κ1) is 22.2. The van der Waals surface area contributed by atoms with Crippen LogP contribution in [0.15, 0.2) is 36.4 Å². The molecule has 2 fully saturated rings. The smallest absolute Gasteiger partial charge is 0.344 e. The number of hydrogen-bond acceptors (Lipinski definition) is 1. The number of hydrogen-bond donors (Lipinski definition) is 0. The van der Waals surface area contributed by atoms with E-state index >= 15 is 0 Å². The van der Waals surface area contributed by atoms with E-state index in [-0.39, 0.29) is 11.2 Å². The molecule has 0 saturated heterocycles. The van der Waals surface area contributed by atoms with E-state index in [1.807, 2.05) is 12.1 Å². The molecule has 0 amide bonds. The van der Waals surface area contributed by atoms with Gasteiger partial charge in [0.05, 0.1) is 0 Å². The van der Waals surface area contributed by atoms with Crippen molar-refractivity contribution in [3.8, 4) is 5.75 Å². The number of unbranched alkanes of at least 4 members (excludes halogenated alkanes) is 2. The van der Waals surface area contributed by atoms with Crippen molar-refractivity contribution < 1.29 is 17.9 Å². The maximum absolute atomic E-state index is 13.1. The van der Waals surface area contributed by atoms with Crippen LogP contribution in [0.3, 0.4) is 0 Å². The van der Waals surface area contributed by atoms with Gasteiger partial charge < -0.3 is 4.74 Å². The van der Waals surface area contributed by atoms with Gasteiger partial charge in [0.15, 0.2) is 0 Å². The second-order valence-corrected chi connectivity index (χ2v) is 9.09. The maximum Gasteiger partial charge on any atom is 0.344 e. The van der Waals surface area contributed by atoms with Gasteiger partial charge in [-0.3, -0.25) is 0 Å². The topological polar surface area (TPSA) is 9.23 Å². The van der Waals surface area contributed by atoms with Crippen molar-refractivity contribution >= 4 is 0 Å². The Morgan fingerprint density at radius 3 is 2.17 bits per heavy atom. The second-order valence-electron chi connectivity index (χ2n) is 9.09. The summed E-state index contributed by atoms with van der Waals surface area (Å²) in [6.07, 6.45) is 14.4. The van der Waals surface area contributed by atoms with Crippen LogP contribution in [0.4, 0.5) is 13.2 Å². The van der Waals surface area contributed by atoms with Gasteiger partial charge in [0.2, 0.25) is 0 Å². The standard InChI is InChI=1S/C25H35F3O/c1-2-3-5-8-19-9-11-20(12-10-19)25(17-6-4-7-18-25)21-13-15-22(16-14-21)29-24(28)23(26)27/h13-16,19-20H,2-12,17-18H2,1H3/t19-,20-. The van der Waals surface area contributed by atoms with Gasteiger partial charge in [0, 0.05) is 0 Å². The van der Waals surface area contributed by atoms with E-state index in [9.17, 15) is 13.2 Å². The highest BCUT2D eigenvalue weighted by Gasteiger charge is 2.42. The van der Waals surface area contributed by atoms with Crippen LogP contribution < -0.4 is 4.74 Å². The summed E-state index contributed by atoms with van der Waals surface area (Å²) in [5, 5.41) is 0. The number of ether oxygens (including phenoxy) is 1. The van der Waals surface area contributed by atoms with Crippen LogP contribution in [0.25, 0.3) is 0 Å². The summed E-state index contributed by atoms with van der Waals surface area (Å²) in [5.74, 6) is 1.71. The minimum absolute atomic E-state index is 0.129. The SMILES string of the molecule is CCCCC[C@H]1CC[C@H](C2(c3ccc(OC(F)=C(F)F)cc3)CCCCC2)CC1. The van der Waals surface area contributed by atoms with Crippen molar-refractivity contribution in [3.05, 3.63) is 41.9 Å². The molecule has 4 heteroatoms. The molecule has 0 spiro atoms. The summed E-state index contributed by atoms with van der Waals surface area (Å²) in [6.45, 7) is 2.26. The molecule has 3 rings (SSSR count). The Morgan fingerprint density at radius 2 is 1.59 bits per heavy atom. The fourth-order valence-corrected chi connectivity index (χ4v) is 5.80. The monoisotopic (exact) mass is 408 g/mol. The summed E-state index contributed by atoms with van der Waals surface area (Å²) in [7, 11) is 0. The molecule has 0 heterocycles. The summed E-state index contributed by atoms with van der Waals surface area (Å²) in [5.41, 5.74) is 1.47. The van der Waals surface area contributed by atoms with Crippen LogP contribution >= 0.6 is 0 Å². The zero-order chi connectivity index (χ0) is 20.7. The Kier molecular flexibility index (Phi) is 8.08. The Hall–Kier alpha value is -1.45. The molecule has 0 aliphatic heterocycles. The molecule has 2 saturated carbocycles. The average molecular weight is 409 g/mol. The molecule has 0 aromatic heterocycles. The van der Waals surface area contributed by atoms with E-state index in [0.717, 1.165) is 5.92 Å². The molecule has 2 aliphatic rings. The fourth-order valence-electron chi connectivity index (χ4n) is 5.80. The molecule has 0 radical (unpaired) electrons. The van der Waals surface area contributed by atoms with E-state index in [1.54, 1.807) is 12.1 Å². The normalized spacial score (nSPS) is 24.1. The number of benzene rings is 1. The molecular formula is C25H35F3O. The van der Waals surface area contributed by atoms with Crippen molar-refractivity contribution in [2.24, 2.45) is 11.8 Å². The first-order valence-electron chi connectivity index (χ1n) is 11.5. The van der Waals surface area contributed by atoms with Crippen LogP contribution in [0, 0.1) is 11.8 Å². The number of halogens is 3. The van der Waals surface area contributed by atoms with Gasteiger partial charge in [0.25, 0.3) is 0 Å². The van der Waals surface area contributed by atoms with E-state index in [2.05, 4.69) is 11.7 Å². The third-order valence-corrected chi connectivity index (χ3v) is 7.38. The molecule has 1 aromatic rings. The Bertz CT molecular complexity index is 649. The largest absolute Gasteiger partial charge is 0.428 e. The van der Waals surface area contributed by atoms with Gasteiger partial charge in [-0.25, -0.2) is 0 Å². The van der Waals surface area contributed by atoms with Gasteiger partial charge in [-0.15, -0.1) is 0 Å². The Balaban J connectivity index is 1.70. The third-order valence-electron chi connectivity index (χ3n) is 7.38. The second kappa shape index (κ2) is 10.5. The van der Waals surface area contributed by atoms with E-state index in [4.69, 9.17) is 0 Å². The minimum Gasteiger partial charge on any atom is -0.428 e. The van der Waals surface area contributed by atoms with Crippen LogP contribution in [0.5, 0.6) is 5.75 Å². The molecule has 0 atom stereocenters. The van der Waals surface area contributed by atoms with Crippen LogP contribution in [0.1, 0.15) is 96.0 Å². The van der Waals surface area contributed by atoms with Gasteiger partial charge in [-0.2, -0.15) is 13.2 Å². The van der Waals surface area contributed by atoms with Gasteiger partial charge in [-0.05, 0) is 60.6 Å². The summed E-state index contributed by atoms with van der Waals surface area (Å²) < 4.78 is 42.3. The Morgan fingerprint density at radius 1 is 0.931 bits per heavy atom. The molecule has 0 unspecified atom stereocenters. The minimum atomic E-state index is -2.42. The third kappa shape index (κ3) is 5.58. The number of rotatable bonds is 8. The van der Waals surface area contributed by atoms with E-state index < -0.39 is 12.1 Å². The van der Waals surface area contributed by atoms with Crippen LogP contribution in [-0.4, -0.2) is 0 Å². The zero-order valence-electron chi connectivity index (χ0n) is 17.7. The highest BCUT2D eigenvalue weighted by atomic mass is 19.3. The lowest BCUT2D eigenvalue weighted by molar-refractivity contribution is 0.124. The predicted octanol–water partition coefficient (Wildman–Crippen LogP) is 8.69. The molecule has 0 bridgehead atoms. The highest BCUT2D eigenvalue weighted by molar-refractivity contribution is 5.34. The average Bonchev–Trinajstić information content (AvgIpc) is 2.75. The zero-order valence-corrected chi connectivity index (χ0v) is 17.7. The van der Waals surface area contributed by atoms with Crippen molar-refractivity contribution in [1.82, 2.24) is 0 Å². The van der Waals surface area contributed by atoms with Gasteiger partial charge >= 0.3 is 12.1 Å². The fraction of sp³-hybridized carbons (Fsp3) is 0.680. The maximum atomic E-state index is 13.1. The molecule has 2 aliphatic carbocycles. The first-order valence-corrected chi connectivity index (χ1v) is 11.5. The Labute approximate surface area is 173 Å². The van der Waals surface area contributed by atoms with Crippen molar-refractivity contribution in [3.63, 3.8) is 0 Å². The molecule has 29 heavy (non-hydrogen) atoms. The molecular weight excluding hydrogens is 373 g/mol. The molecule has 162 valence electrons. The lowest BCUT2D eigenvalue weighted by Crippen LogP contribution is -2.39. The van der Waals surface area contributed by atoms with Crippen molar-refractivity contribution in [1.29, 1.82) is 0 Å². The van der Waals surface area contributed by atoms with Crippen LogP contribution in [-0.2, 0) is 5.41 Å². The van der Waals surface area contributed by atoms with Gasteiger partial charge in [-0.1, -0.05) is 76.8 Å².